The number of carbonyl (C=O) groups excluding carboxylic acids is 2. The van der Waals surface area contributed by atoms with E-state index in [9.17, 15) is 37.1 Å². The summed E-state index contributed by atoms with van der Waals surface area (Å²) in [5, 5.41) is 13.1. The highest BCUT2D eigenvalue weighted by Crippen LogP contribution is 2.47. The van der Waals surface area contributed by atoms with Crippen LogP contribution in [0.25, 0.3) is 22.4 Å². The van der Waals surface area contributed by atoms with Gasteiger partial charge in [0, 0.05) is 16.7 Å². The Morgan fingerprint density at radius 3 is 2.52 bits per heavy atom. The third-order valence-electron chi connectivity index (χ3n) is 6.81. The first kappa shape index (κ1) is 26.9. The van der Waals surface area contributed by atoms with Crippen LogP contribution >= 0.6 is 0 Å². The summed E-state index contributed by atoms with van der Waals surface area (Å²) < 4.78 is 67.5. The van der Waals surface area contributed by atoms with E-state index in [0.29, 0.717) is 0 Å². The number of aromatic amines is 1. The molecule has 3 heterocycles. The van der Waals surface area contributed by atoms with Crippen molar-refractivity contribution in [1.29, 1.82) is 0 Å². The Hall–Kier alpha value is -4.72. The van der Waals surface area contributed by atoms with Gasteiger partial charge in [0.1, 0.15) is 29.3 Å². The van der Waals surface area contributed by atoms with Crippen LogP contribution in [0.3, 0.4) is 0 Å². The minimum atomic E-state index is -5.37. The molecule has 1 unspecified atom stereocenters. The van der Waals surface area contributed by atoms with E-state index in [4.69, 9.17) is 14.9 Å². The molecule has 1 aliphatic heterocycles. The van der Waals surface area contributed by atoms with Gasteiger partial charge in [-0.2, -0.15) is 13.2 Å². The maximum atomic E-state index is 14.5. The molecular formula is C26H20F4N4O6. The molecule has 2 amide bonds. The molecule has 0 radical (unpaired) electrons. The minimum Gasteiger partial charge on any atom is -0.489 e. The Bertz CT molecular complexity index is 1720. The maximum Gasteiger partial charge on any atom is 0.424 e. The molecule has 10 nitrogen and oxygen atoms in total. The number of aromatic nitrogens is 2. The maximum absolute atomic E-state index is 14.5. The number of halogens is 4. The van der Waals surface area contributed by atoms with Crippen molar-refractivity contribution in [2.24, 2.45) is 5.73 Å². The number of benzene rings is 2. The van der Waals surface area contributed by atoms with Crippen LogP contribution in [0.2, 0.25) is 0 Å². The molecule has 4 aromatic rings. The molecule has 0 aliphatic carbocycles. The Morgan fingerprint density at radius 2 is 1.88 bits per heavy atom. The van der Waals surface area contributed by atoms with Crippen LogP contribution in [0.1, 0.15) is 28.5 Å². The van der Waals surface area contributed by atoms with Gasteiger partial charge in [0.2, 0.25) is 11.5 Å². The Kier molecular flexibility index (Phi) is 6.17. The molecule has 0 fully saturated rings. The summed E-state index contributed by atoms with van der Waals surface area (Å²) in [6, 6.07) is 9.17. The van der Waals surface area contributed by atoms with E-state index in [1.165, 1.54) is 31.2 Å². The number of primary amides is 1. The molecule has 0 saturated heterocycles. The summed E-state index contributed by atoms with van der Waals surface area (Å²) in [7, 11) is 0. The molecule has 2 atom stereocenters. The zero-order valence-corrected chi connectivity index (χ0v) is 20.6. The Balaban J connectivity index is 1.59. The topological polar surface area (TPSA) is 161 Å². The number of carbonyl (C=O) groups is 2. The second-order valence-electron chi connectivity index (χ2n) is 9.49. The Morgan fingerprint density at radius 1 is 1.18 bits per heavy atom. The molecule has 14 heteroatoms. The largest absolute Gasteiger partial charge is 0.489 e. The van der Waals surface area contributed by atoms with Crippen molar-refractivity contribution >= 4 is 22.9 Å². The van der Waals surface area contributed by atoms with Gasteiger partial charge in [-0.1, -0.05) is 0 Å². The van der Waals surface area contributed by atoms with Crippen LogP contribution < -0.4 is 21.5 Å². The normalized spacial score (nSPS) is 18.1. The van der Waals surface area contributed by atoms with Crippen molar-refractivity contribution in [2.45, 2.75) is 24.1 Å². The van der Waals surface area contributed by atoms with Crippen molar-refractivity contribution < 1.29 is 41.4 Å². The van der Waals surface area contributed by atoms with Gasteiger partial charge in [0.15, 0.2) is 5.58 Å². The standard InChI is InChI=1S/C26H20F4N4O6/c1-24(22(31)36)11-39-20-15(24)9-18(34-19(20)12-2-5-14(27)6-3-12)25(38,26(28,29)30)10-32-21(35)13-4-7-16-17(8-13)40-23(37)33-16/h2-9,38H,10-11H2,1H3,(H2,31,36)(H,32,35)(H,33,37)/t24-,25?/m0/s1. The van der Waals surface area contributed by atoms with Crippen molar-refractivity contribution in [3.8, 4) is 17.0 Å². The van der Waals surface area contributed by atoms with E-state index in [0.717, 1.165) is 24.3 Å². The van der Waals surface area contributed by atoms with Crippen LogP contribution in [-0.4, -0.2) is 46.2 Å². The molecule has 208 valence electrons. The van der Waals surface area contributed by atoms with E-state index in [1.807, 2.05) is 5.32 Å². The van der Waals surface area contributed by atoms with E-state index in [2.05, 4.69) is 9.97 Å². The lowest BCUT2D eigenvalue weighted by Crippen LogP contribution is -2.51. The Labute approximate surface area is 221 Å². The molecule has 40 heavy (non-hydrogen) atoms. The number of aliphatic hydroxyl groups is 1. The number of ether oxygens (including phenoxy) is 1. The summed E-state index contributed by atoms with van der Waals surface area (Å²) in [5.41, 5.74) is -0.739. The number of rotatable bonds is 6. The highest BCUT2D eigenvalue weighted by atomic mass is 19.4. The van der Waals surface area contributed by atoms with E-state index in [1.54, 1.807) is 0 Å². The molecule has 0 spiro atoms. The quantitative estimate of drug-likeness (QED) is 0.264. The number of H-pyrrole nitrogens is 1. The van der Waals surface area contributed by atoms with Gasteiger partial charge >= 0.3 is 11.9 Å². The van der Waals surface area contributed by atoms with Crippen molar-refractivity contribution in [3.63, 3.8) is 0 Å². The van der Waals surface area contributed by atoms with Crippen molar-refractivity contribution in [1.82, 2.24) is 15.3 Å². The SMILES string of the molecule is C[C@]1(C(N)=O)COc2c1cc(C(O)(CNC(=O)c1ccc3[nH]c(=O)oc3c1)C(F)(F)F)nc2-c1ccc(F)cc1. The molecule has 1 aliphatic rings. The van der Waals surface area contributed by atoms with Gasteiger partial charge in [-0.05, 0) is 55.5 Å². The van der Waals surface area contributed by atoms with Crippen LogP contribution in [0.4, 0.5) is 17.6 Å². The lowest BCUT2D eigenvalue weighted by molar-refractivity contribution is -0.265. The second-order valence-corrected chi connectivity index (χ2v) is 9.49. The molecule has 0 bridgehead atoms. The lowest BCUT2D eigenvalue weighted by atomic mass is 9.81. The molecule has 2 aromatic carbocycles. The van der Waals surface area contributed by atoms with Gasteiger partial charge < -0.3 is 25.3 Å². The number of nitrogens with two attached hydrogens (primary N) is 1. The van der Waals surface area contributed by atoms with Gasteiger partial charge in [-0.25, -0.2) is 14.2 Å². The van der Waals surface area contributed by atoms with Crippen LogP contribution in [-0.2, 0) is 15.8 Å². The smallest absolute Gasteiger partial charge is 0.424 e. The van der Waals surface area contributed by atoms with Gasteiger partial charge in [0.25, 0.3) is 5.91 Å². The number of oxazole rings is 1. The highest BCUT2D eigenvalue weighted by Gasteiger charge is 2.57. The minimum absolute atomic E-state index is 0.00120. The summed E-state index contributed by atoms with van der Waals surface area (Å²) in [6.07, 6.45) is -5.37. The van der Waals surface area contributed by atoms with Crippen molar-refractivity contribution in [2.75, 3.05) is 13.2 Å². The lowest BCUT2D eigenvalue weighted by Gasteiger charge is -2.31. The number of nitrogens with one attached hydrogen (secondary N) is 2. The third-order valence-corrected chi connectivity index (χ3v) is 6.81. The predicted octanol–water partition coefficient (Wildman–Crippen LogP) is 2.64. The van der Waals surface area contributed by atoms with Crippen LogP contribution in [0.15, 0.2) is 57.7 Å². The average Bonchev–Trinajstić information content (AvgIpc) is 3.45. The fourth-order valence-corrected chi connectivity index (χ4v) is 4.34. The first-order valence-corrected chi connectivity index (χ1v) is 11.7. The highest BCUT2D eigenvalue weighted by molar-refractivity contribution is 5.97. The number of alkyl halides is 3. The summed E-state index contributed by atoms with van der Waals surface area (Å²) in [5.74, 6) is -3.37. The molecule has 2 aromatic heterocycles. The predicted molar refractivity (Wildman–Crippen MR) is 131 cm³/mol. The van der Waals surface area contributed by atoms with Gasteiger partial charge in [0.05, 0.1) is 17.8 Å². The summed E-state index contributed by atoms with van der Waals surface area (Å²) in [6.45, 7) is -0.327. The van der Waals surface area contributed by atoms with Crippen molar-refractivity contribution in [3.05, 3.63) is 81.7 Å². The first-order chi connectivity index (χ1) is 18.7. The van der Waals surface area contributed by atoms with Gasteiger partial charge in [-0.15, -0.1) is 0 Å². The summed E-state index contributed by atoms with van der Waals surface area (Å²) in [4.78, 5) is 42.8. The van der Waals surface area contributed by atoms with E-state index < -0.39 is 52.8 Å². The third kappa shape index (κ3) is 4.35. The average molecular weight is 560 g/mol. The molecule has 5 rings (SSSR count). The fraction of sp³-hybridized carbons (Fsp3) is 0.231. The van der Waals surface area contributed by atoms with Crippen LogP contribution in [0, 0.1) is 5.82 Å². The molecular weight excluding hydrogens is 540 g/mol. The number of amides is 2. The molecule has 0 saturated carbocycles. The number of nitrogens with zero attached hydrogens (tertiary/aromatic N) is 1. The second kappa shape index (κ2) is 9.19. The van der Waals surface area contributed by atoms with E-state index >= 15 is 0 Å². The summed E-state index contributed by atoms with van der Waals surface area (Å²) >= 11 is 0. The number of hydrogen-bond acceptors (Lipinski definition) is 7. The zero-order valence-electron chi connectivity index (χ0n) is 20.6. The first-order valence-electron chi connectivity index (χ1n) is 11.7. The monoisotopic (exact) mass is 560 g/mol. The molecule has 5 N–H and O–H groups in total. The number of fused-ring (bicyclic) bond motifs is 2. The van der Waals surface area contributed by atoms with Crippen LogP contribution in [0.5, 0.6) is 5.75 Å². The fourth-order valence-electron chi connectivity index (χ4n) is 4.34. The number of hydrogen-bond donors (Lipinski definition) is 4. The number of pyridine rings is 1. The van der Waals surface area contributed by atoms with Gasteiger partial charge in [-0.3, -0.25) is 14.6 Å². The van der Waals surface area contributed by atoms with E-state index in [-0.39, 0.29) is 45.8 Å². The zero-order chi connectivity index (χ0) is 29.0.